The lowest BCUT2D eigenvalue weighted by molar-refractivity contribution is -0.0314. The first-order chi connectivity index (χ1) is 7.09. The van der Waals surface area contributed by atoms with Crippen molar-refractivity contribution in [3.05, 3.63) is 35.4 Å². The van der Waals surface area contributed by atoms with E-state index in [1.54, 1.807) is 0 Å². The number of fused-ring (bicyclic) bond motifs is 3. The van der Waals surface area contributed by atoms with E-state index < -0.39 is 11.0 Å². The summed E-state index contributed by atoms with van der Waals surface area (Å²) in [6.45, 7) is 1.91. The van der Waals surface area contributed by atoms with Gasteiger partial charge in [-0.1, -0.05) is 24.3 Å². The normalized spacial score (nSPS) is 37.9. The Morgan fingerprint density at radius 1 is 1.27 bits per heavy atom. The number of aliphatic hydroxyl groups is 1. The Hall–Kier alpha value is -1.15. The van der Waals surface area contributed by atoms with E-state index in [0.717, 1.165) is 24.0 Å². The minimum absolute atomic E-state index is 0.123. The molecule has 0 aromatic heterocycles. The van der Waals surface area contributed by atoms with Crippen molar-refractivity contribution < 1.29 is 9.90 Å². The number of hydrogen-bond donors (Lipinski definition) is 1. The molecule has 0 amide bonds. The van der Waals surface area contributed by atoms with Gasteiger partial charge in [-0.15, -0.1) is 0 Å². The zero-order chi connectivity index (χ0) is 10.7. The smallest absolute Gasteiger partial charge is 0.172 e. The van der Waals surface area contributed by atoms with Crippen molar-refractivity contribution in [2.45, 2.75) is 31.8 Å². The predicted octanol–water partition coefficient (Wildman–Crippen LogP) is 2.26. The lowest BCUT2D eigenvalue weighted by atomic mass is 9.76. The van der Waals surface area contributed by atoms with Crippen LogP contribution < -0.4 is 0 Å². The number of rotatable bonds is 0. The summed E-state index contributed by atoms with van der Waals surface area (Å²) < 4.78 is 0. The average molecular weight is 202 g/mol. The minimum atomic E-state index is -0.902. The van der Waals surface area contributed by atoms with Crippen LogP contribution in [0.15, 0.2) is 24.3 Å². The van der Waals surface area contributed by atoms with Crippen molar-refractivity contribution in [2.24, 2.45) is 5.41 Å². The molecule has 0 bridgehead atoms. The van der Waals surface area contributed by atoms with E-state index in [-0.39, 0.29) is 5.78 Å². The third-order valence-electron chi connectivity index (χ3n) is 4.25. The molecule has 1 aromatic carbocycles. The van der Waals surface area contributed by atoms with E-state index >= 15 is 0 Å². The second kappa shape index (κ2) is 2.50. The van der Waals surface area contributed by atoms with Gasteiger partial charge in [-0.3, -0.25) is 4.79 Å². The molecule has 1 N–H and O–H groups in total. The Labute approximate surface area is 88.9 Å². The van der Waals surface area contributed by atoms with Crippen LogP contribution in [0.25, 0.3) is 0 Å². The Kier molecular flexibility index (Phi) is 1.52. The molecule has 0 saturated heterocycles. The molecule has 2 aliphatic carbocycles. The third kappa shape index (κ3) is 0.824. The maximum atomic E-state index is 12.2. The van der Waals surface area contributed by atoms with Gasteiger partial charge >= 0.3 is 0 Å². The van der Waals surface area contributed by atoms with Crippen LogP contribution in [0.5, 0.6) is 0 Å². The Bertz CT molecular complexity index is 452. The highest BCUT2D eigenvalue weighted by molar-refractivity contribution is 6.06. The van der Waals surface area contributed by atoms with E-state index in [1.165, 1.54) is 0 Å². The zero-order valence-corrected chi connectivity index (χ0v) is 8.79. The summed E-state index contributed by atoms with van der Waals surface area (Å²) in [6.07, 6.45) is 2.45. The van der Waals surface area contributed by atoms with Gasteiger partial charge in [0.25, 0.3) is 0 Å². The van der Waals surface area contributed by atoms with Crippen LogP contribution in [0.2, 0.25) is 0 Å². The quantitative estimate of drug-likeness (QED) is 0.700. The molecule has 0 aliphatic heterocycles. The first-order valence-electron chi connectivity index (χ1n) is 5.46. The highest BCUT2D eigenvalue weighted by Gasteiger charge is 2.61. The van der Waals surface area contributed by atoms with Gasteiger partial charge in [-0.25, -0.2) is 0 Å². The zero-order valence-electron chi connectivity index (χ0n) is 8.79. The monoisotopic (exact) mass is 202 g/mol. The summed E-state index contributed by atoms with van der Waals surface area (Å²) in [6, 6.07) is 7.49. The highest BCUT2D eigenvalue weighted by atomic mass is 16.3. The largest absolute Gasteiger partial charge is 0.384 e. The standard InChI is InChI=1S/C13H14O2/c1-12-7-4-8-13(12,15)10-6-3-2-5-9(10)11(12)14/h2-3,5-6,15H,4,7-8H2,1H3. The van der Waals surface area contributed by atoms with Gasteiger partial charge in [-0.05, 0) is 31.7 Å². The number of hydrogen-bond acceptors (Lipinski definition) is 2. The van der Waals surface area contributed by atoms with Gasteiger partial charge in [0.05, 0.1) is 5.41 Å². The van der Waals surface area contributed by atoms with Crippen LogP contribution in [0.1, 0.15) is 42.1 Å². The van der Waals surface area contributed by atoms with Gasteiger partial charge < -0.3 is 5.11 Å². The first-order valence-corrected chi connectivity index (χ1v) is 5.46. The summed E-state index contributed by atoms with van der Waals surface area (Å²) in [4.78, 5) is 12.2. The second-order valence-corrected chi connectivity index (χ2v) is 4.92. The lowest BCUT2D eigenvalue weighted by Crippen LogP contribution is -2.38. The second-order valence-electron chi connectivity index (χ2n) is 4.92. The fourth-order valence-electron chi connectivity index (χ4n) is 3.25. The fraction of sp³-hybridized carbons (Fsp3) is 0.462. The fourth-order valence-corrected chi connectivity index (χ4v) is 3.25. The number of Topliss-reactive ketones (excluding diaryl/α,β-unsaturated/α-hetero) is 1. The van der Waals surface area contributed by atoms with Gasteiger partial charge in [-0.2, -0.15) is 0 Å². The van der Waals surface area contributed by atoms with Crippen molar-refractivity contribution in [2.75, 3.05) is 0 Å². The summed E-state index contributed by atoms with van der Waals surface area (Å²) >= 11 is 0. The average Bonchev–Trinajstić information content (AvgIpc) is 2.63. The Morgan fingerprint density at radius 2 is 2.00 bits per heavy atom. The lowest BCUT2D eigenvalue weighted by Gasteiger charge is -2.31. The number of benzene rings is 1. The molecule has 1 fully saturated rings. The van der Waals surface area contributed by atoms with Crippen molar-refractivity contribution in [1.82, 2.24) is 0 Å². The topological polar surface area (TPSA) is 37.3 Å². The predicted molar refractivity (Wildman–Crippen MR) is 56.6 cm³/mol. The molecule has 2 atom stereocenters. The molecule has 2 unspecified atom stereocenters. The Morgan fingerprint density at radius 3 is 2.80 bits per heavy atom. The van der Waals surface area contributed by atoms with E-state index in [4.69, 9.17) is 0 Å². The summed E-state index contributed by atoms with van der Waals surface area (Å²) in [5.41, 5.74) is 0.0920. The number of carbonyl (C=O) groups excluding carboxylic acids is 1. The maximum Gasteiger partial charge on any atom is 0.172 e. The van der Waals surface area contributed by atoms with E-state index in [2.05, 4.69) is 0 Å². The van der Waals surface area contributed by atoms with Crippen LogP contribution in [0.4, 0.5) is 0 Å². The molecule has 78 valence electrons. The molecule has 0 heterocycles. The molecule has 0 spiro atoms. The van der Waals surface area contributed by atoms with E-state index in [1.807, 2.05) is 31.2 Å². The van der Waals surface area contributed by atoms with E-state index in [0.29, 0.717) is 6.42 Å². The third-order valence-corrected chi connectivity index (χ3v) is 4.25. The van der Waals surface area contributed by atoms with Gasteiger partial charge in [0, 0.05) is 5.56 Å². The molecule has 0 radical (unpaired) electrons. The van der Waals surface area contributed by atoms with Crippen LogP contribution in [0.3, 0.4) is 0 Å². The van der Waals surface area contributed by atoms with Gasteiger partial charge in [0.2, 0.25) is 0 Å². The van der Waals surface area contributed by atoms with Crippen molar-refractivity contribution in [3.8, 4) is 0 Å². The van der Waals surface area contributed by atoms with Crippen molar-refractivity contribution in [1.29, 1.82) is 0 Å². The van der Waals surface area contributed by atoms with E-state index in [9.17, 15) is 9.90 Å². The molecule has 2 heteroatoms. The molecule has 1 saturated carbocycles. The molecule has 15 heavy (non-hydrogen) atoms. The van der Waals surface area contributed by atoms with Crippen LogP contribution in [-0.4, -0.2) is 10.9 Å². The van der Waals surface area contributed by atoms with Crippen LogP contribution in [-0.2, 0) is 5.60 Å². The molecule has 2 nitrogen and oxygen atoms in total. The summed E-state index contributed by atoms with van der Waals surface area (Å²) in [7, 11) is 0. The van der Waals surface area contributed by atoms with Gasteiger partial charge in [0.15, 0.2) is 5.78 Å². The molecular weight excluding hydrogens is 188 g/mol. The number of ketones is 1. The Balaban J connectivity index is 2.32. The summed E-state index contributed by atoms with van der Waals surface area (Å²) in [5, 5.41) is 10.7. The van der Waals surface area contributed by atoms with Crippen molar-refractivity contribution >= 4 is 5.78 Å². The first kappa shape index (κ1) is 9.10. The number of carbonyl (C=O) groups is 1. The molecular formula is C13H14O2. The molecule has 3 rings (SSSR count). The van der Waals surface area contributed by atoms with Crippen molar-refractivity contribution in [3.63, 3.8) is 0 Å². The minimum Gasteiger partial charge on any atom is -0.384 e. The van der Waals surface area contributed by atoms with Gasteiger partial charge in [0.1, 0.15) is 5.60 Å². The highest BCUT2D eigenvalue weighted by Crippen LogP contribution is 2.59. The molecule has 2 aliphatic rings. The maximum absolute atomic E-state index is 12.2. The summed E-state index contributed by atoms with van der Waals surface area (Å²) in [5.74, 6) is 0.123. The van der Waals surface area contributed by atoms with Crippen LogP contribution >= 0.6 is 0 Å². The molecule has 1 aromatic rings. The SMILES string of the molecule is CC12CCCC1(O)c1ccccc1C2=O. The van der Waals surface area contributed by atoms with Crippen LogP contribution in [0, 0.1) is 5.41 Å².